The number of hydrogen-bond donors (Lipinski definition) is 0. The Labute approximate surface area is 257 Å². The SMILES string of the molecule is CC1(C)Cc2ccc[c-]c2-c2ncccc21.CC1C=C(C2CCCC2)c2cccc3nc(-c4[c-]cccc4)n1c23.[Ir]. The van der Waals surface area contributed by atoms with E-state index in [0.717, 1.165) is 34.9 Å². The van der Waals surface area contributed by atoms with E-state index in [-0.39, 0.29) is 25.5 Å². The Morgan fingerprint density at radius 3 is 2.54 bits per heavy atom. The maximum Gasteiger partial charge on any atom is 0.0777 e. The molecule has 3 nitrogen and oxygen atoms in total. The molecule has 3 heterocycles. The van der Waals surface area contributed by atoms with E-state index >= 15 is 0 Å². The molecule has 4 heteroatoms. The number of benzene rings is 3. The molecule has 0 bridgehead atoms. The van der Waals surface area contributed by atoms with Gasteiger partial charge in [0.25, 0.3) is 0 Å². The second kappa shape index (κ2) is 11.2. The maximum atomic E-state index is 4.96. The molecule has 41 heavy (non-hydrogen) atoms. The minimum atomic E-state index is 0. The van der Waals surface area contributed by atoms with Crippen LogP contribution in [0.2, 0.25) is 0 Å². The van der Waals surface area contributed by atoms with Gasteiger partial charge in [0.2, 0.25) is 0 Å². The van der Waals surface area contributed by atoms with Gasteiger partial charge in [-0.05, 0) is 54.5 Å². The summed E-state index contributed by atoms with van der Waals surface area (Å²) in [7, 11) is 0. The molecule has 0 spiro atoms. The third-order valence-corrected chi connectivity index (χ3v) is 8.94. The molecule has 8 rings (SSSR count). The van der Waals surface area contributed by atoms with Crippen molar-refractivity contribution in [2.45, 2.75) is 64.3 Å². The Morgan fingerprint density at radius 2 is 1.73 bits per heavy atom. The summed E-state index contributed by atoms with van der Waals surface area (Å²) in [5.74, 6) is 1.76. The molecule has 0 N–H and O–H groups in total. The Morgan fingerprint density at radius 1 is 0.902 bits per heavy atom. The molecule has 1 fully saturated rings. The summed E-state index contributed by atoms with van der Waals surface area (Å²) < 4.78 is 2.40. The van der Waals surface area contributed by atoms with Gasteiger partial charge in [0.15, 0.2) is 0 Å². The molecule has 1 unspecified atom stereocenters. The fourth-order valence-corrected chi connectivity index (χ4v) is 7.08. The van der Waals surface area contributed by atoms with Crippen molar-refractivity contribution in [2.24, 2.45) is 5.92 Å². The second-order valence-corrected chi connectivity index (χ2v) is 12.1. The van der Waals surface area contributed by atoms with Crippen LogP contribution in [0.4, 0.5) is 0 Å². The Balaban J connectivity index is 0.000000156. The number of hydrogen-bond acceptors (Lipinski definition) is 2. The first-order valence-corrected chi connectivity index (χ1v) is 14.7. The van der Waals surface area contributed by atoms with Gasteiger partial charge in [-0.1, -0.05) is 62.9 Å². The predicted molar refractivity (Wildman–Crippen MR) is 164 cm³/mol. The first-order chi connectivity index (χ1) is 19.5. The van der Waals surface area contributed by atoms with Crippen LogP contribution in [0.15, 0.2) is 85.1 Å². The average molecular weight is 714 g/mol. The molecule has 0 amide bonds. The van der Waals surface area contributed by atoms with Crippen LogP contribution >= 0.6 is 0 Å². The van der Waals surface area contributed by atoms with Gasteiger partial charge in [-0.25, -0.2) is 0 Å². The van der Waals surface area contributed by atoms with Gasteiger partial charge in [-0.2, -0.15) is 0 Å². The van der Waals surface area contributed by atoms with Crippen molar-refractivity contribution in [3.63, 3.8) is 0 Å². The topological polar surface area (TPSA) is 30.7 Å². The van der Waals surface area contributed by atoms with Crippen LogP contribution in [0, 0.1) is 18.1 Å². The number of rotatable bonds is 2. The number of nitrogens with zero attached hydrogens (tertiary/aromatic N) is 3. The Kier molecular flexibility index (Phi) is 7.57. The van der Waals surface area contributed by atoms with Crippen LogP contribution < -0.4 is 0 Å². The van der Waals surface area contributed by atoms with E-state index in [1.807, 2.05) is 30.5 Å². The third-order valence-electron chi connectivity index (χ3n) is 8.94. The first-order valence-electron chi connectivity index (χ1n) is 14.7. The minimum absolute atomic E-state index is 0. The predicted octanol–water partition coefficient (Wildman–Crippen LogP) is 9.03. The Hall–Kier alpha value is -3.33. The smallest absolute Gasteiger partial charge is 0.0777 e. The summed E-state index contributed by atoms with van der Waals surface area (Å²) in [5, 5.41) is 0. The molecule has 209 valence electrons. The molecular weight excluding hydrogens is 679 g/mol. The molecule has 2 aromatic heterocycles. The van der Waals surface area contributed by atoms with Crippen molar-refractivity contribution < 1.29 is 20.1 Å². The van der Waals surface area contributed by atoms with Crippen LogP contribution in [0.5, 0.6) is 0 Å². The van der Waals surface area contributed by atoms with Crippen LogP contribution in [-0.4, -0.2) is 14.5 Å². The van der Waals surface area contributed by atoms with Gasteiger partial charge in [-0.3, -0.25) is 4.98 Å². The van der Waals surface area contributed by atoms with Gasteiger partial charge >= 0.3 is 0 Å². The number of para-hydroxylation sites is 1. The van der Waals surface area contributed by atoms with Gasteiger partial charge in [0.05, 0.1) is 16.9 Å². The van der Waals surface area contributed by atoms with Crippen LogP contribution in [-0.2, 0) is 31.9 Å². The third kappa shape index (κ3) is 4.92. The van der Waals surface area contributed by atoms with Crippen molar-refractivity contribution in [1.29, 1.82) is 0 Å². The molecular formula is C37H35IrN3-2. The van der Waals surface area contributed by atoms with Crippen LogP contribution in [0.25, 0.3) is 39.3 Å². The molecule has 5 aromatic rings. The average Bonchev–Trinajstić information content (AvgIpc) is 3.65. The molecule has 3 aliphatic rings. The van der Waals surface area contributed by atoms with Crippen molar-refractivity contribution in [3.8, 4) is 22.6 Å². The standard InChI is InChI=1S/C22H21N2.C15H14N.Ir/c1-15-14-19(16-8-5-6-9-16)18-12-7-13-20-21(18)24(15)22(23-20)17-10-3-2-4-11-17;1-15(2)10-11-6-3-4-7-12(11)14-13(15)8-5-9-16-14;/h2-4,7,10,12-16H,5-6,8-9H2,1H3;3-6,8-9H,10H2,1-2H3;/q2*-1;. The monoisotopic (exact) mass is 714 g/mol. The minimum Gasteiger partial charge on any atom is -0.358 e. The van der Waals surface area contributed by atoms with Crippen molar-refractivity contribution in [1.82, 2.24) is 14.5 Å². The van der Waals surface area contributed by atoms with E-state index in [9.17, 15) is 0 Å². The zero-order chi connectivity index (χ0) is 27.3. The van der Waals surface area contributed by atoms with Crippen molar-refractivity contribution >= 4 is 16.6 Å². The van der Waals surface area contributed by atoms with Crippen molar-refractivity contribution in [2.75, 3.05) is 0 Å². The Bertz CT molecular complexity index is 1720. The van der Waals surface area contributed by atoms with E-state index in [1.165, 1.54) is 53.5 Å². The molecule has 3 aromatic carbocycles. The number of pyridine rings is 1. The molecule has 0 saturated heterocycles. The number of fused-ring (bicyclic) bond motifs is 3. The summed E-state index contributed by atoms with van der Waals surface area (Å²) in [5.41, 5.74) is 11.6. The zero-order valence-electron chi connectivity index (χ0n) is 23.9. The quantitative estimate of drug-likeness (QED) is 0.171. The van der Waals surface area contributed by atoms with Crippen LogP contribution in [0.3, 0.4) is 0 Å². The van der Waals surface area contributed by atoms with E-state index < -0.39 is 0 Å². The van der Waals surface area contributed by atoms with E-state index in [1.54, 1.807) is 5.57 Å². The number of imidazole rings is 1. The normalized spacial score (nSPS) is 18.4. The van der Waals surface area contributed by atoms with Crippen molar-refractivity contribution in [3.05, 3.63) is 114 Å². The number of allylic oxidation sites excluding steroid dienone is 2. The van der Waals surface area contributed by atoms with Gasteiger partial charge in [0.1, 0.15) is 0 Å². The first kappa shape index (κ1) is 27.8. The fraction of sp³-hybridized carbons (Fsp3) is 0.297. The molecule has 1 atom stereocenters. The molecule has 1 saturated carbocycles. The second-order valence-electron chi connectivity index (χ2n) is 12.1. The molecule has 2 aliphatic carbocycles. The zero-order valence-corrected chi connectivity index (χ0v) is 26.3. The van der Waals surface area contributed by atoms with Gasteiger partial charge < -0.3 is 9.55 Å². The van der Waals surface area contributed by atoms with Gasteiger partial charge in [0, 0.05) is 37.9 Å². The summed E-state index contributed by atoms with van der Waals surface area (Å²) in [6, 6.07) is 32.2. The van der Waals surface area contributed by atoms with E-state index in [4.69, 9.17) is 4.98 Å². The maximum absolute atomic E-state index is 4.96. The largest absolute Gasteiger partial charge is 0.358 e. The molecule has 1 aliphatic heterocycles. The fourth-order valence-electron chi connectivity index (χ4n) is 7.08. The summed E-state index contributed by atoms with van der Waals surface area (Å²) in [6.45, 7) is 6.85. The summed E-state index contributed by atoms with van der Waals surface area (Å²) in [6.07, 6.45) is 10.8. The molecule has 1 radical (unpaired) electrons. The summed E-state index contributed by atoms with van der Waals surface area (Å²) >= 11 is 0. The van der Waals surface area contributed by atoms with Gasteiger partial charge in [-0.15, -0.1) is 71.3 Å². The van der Waals surface area contributed by atoms with E-state index in [0.29, 0.717) is 6.04 Å². The summed E-state index contributed by atoms with van der Waals surface area (Å²) in [4.78, 5) is 9.49. The van der Waals surface area contributed by atoms with Crippen LogP contribution in [0.1, 0.15) is 69.2 Å². The number of aromatic nitrogens is 3. The van der Waals surface area contributed by atoms with E-state index in [2.05, 4.69) is 97.1 Å².